The zero-order valence-electron chi connectivity index (χ0n) is 10.6. The molecular weight excluding hydrogens is 232 g/mol. The van der Waals surface area contributed by atoms with Crippen molar-refractivity contribution < 1.29 is 14.7 Å². The third-order valence-corrected chi connectivity index (χ3v) is 2.51. The third-order valence-electron chi connectivity index (χ3n) is 2.51. The van der Waals surface area contributed by atoms with E-state index in [0.29, 0.717) is 18.5 Å². The van der Waals surface area contributed by atoms with E-state index >= 15 is 0 Å². The van der Waals surface area contributed by atoms with Crippen LogP contribution < -0.4 is 11.1 Å². The summed E-state index contributed by atoms with van der Waals surface area (Å²) in [6.07, 6.45) is 0.463. The van der Waals surface area contributed by atoms with Gasteiger partial charge in [0.15, 0.2) is 0 Å². The van der Waals surface area contributed by atoms with Crippen molar-refractivity contribution in [2.75, 3.05) is 6.54 Å². The van der Waals surface area contributed by atoms with Crippen LogP contribution in [-0.4, -0.2) is 29.1 Å². The lowest BCUT2D eigenvalue weighted by Gasteiger charge is -2.17. The summed E-state index contributed by atoms with van der Waals surface area (Å²) in [5.41, 5.74) is 5.66. The van der Waals surface area contributed by atoms with Gasteiger partial charge in [0.05, 0.1) is 11.1 Å². The summed E-state index contributed by atoms with van der Waals surface area (Å²) in [6.45, 7) is 3.60. The molecule has 0 saturated heterocycles. The number of carboxylic acid groups (broad SMARTS) is 1. The van der Waals surface area contributed by atoms with Crippen molar-refractivity contribution in [3.05, 3.63) is 35.4 Å². The third kappa shape index (κ3) is 3.85. The van der Waals surface area contributed by atoms with Crippen LogP contribution in [0.2, 0.25) is 0 Å². The monoisotopic (exact) mass is 250 g/mol. The summed E-state index contributed by atoms with van der Waals surface area (Å²) in [5, 5.41) is 11.7. The molecule has 0 fully saturated rings. The van der Waals surface area contributed by atoms with Gasteiger partial charge in [-0.3, -0.25) is 4.79 Å². The average molecular weight is 250 g/mol. The molecule has 0 aliphatic carbocycles. The van der Waals surface area contributed by atoms with E-state index in [0.717, 1.165) is 0 Å². The molecule has 98 valence electrons. The van der Waals surface area contributed by atoms with Gasteiger partial charge in [-0.2, -0.15) is 0 Å². The number of carbonyl (C=O) groups excluding carboxylic acids is 1. The normalized spacial score (nSPS) is 11.1. The maximum absolute atomic E-state index is 11.5. The van der Waals surface area contributed by atoms with Crippen molar-refractivity contribution in [1.29, 1.82) is 0 Å². The first-order valence-electron chi connectivity index (χ1n) is 5.70. The van der Waals surface area contributed by atoms with Gasteiger partial charge in [-0.25, -0.2) is 4.79 Å². The van der Waals surface area contributed by atoms with Crippen LogP contribution in [0, 0.1) is 0 Å². The Labute approximate surface area is 106 Å². The summed E-state index contributed by atoms with van der Waals surface area (Å²) in [6, 6.07) is 6.74. The van der Waals surface area contributed by atoms with Crippen LogP contribution in [0.1, 0.15) is 29.8 Å². The predicted molar refractivity (Wildman–Crippen MR) is 68.4 cm³/mol. The SMILES string of the molecule is CC(C)(N)C(=O)NCCc1ccccc1C(=O)O. The first kappa shape index (κ1) is 14.2. The van der Waals surface area contributed by atoms with Gasteiger partial charge < -0.3 is 16.2 Å². The van der Waals surface area contributed by atoms with Gasteiger partial charge in [0.2, 0.25) is 5.91 Å². The Morgan fingerprint density at radius 1 is 1.33 bits per heavy atom. The molecule has 1 amide bonds. The molecule has 0 aliphatic heterocycles. The fourth-order valence-corrected chi connectivity index (χ4v) is 1.49. The van der Waals surface area contributed by atoms with Crippen LogP contribution in [0.5, 0.6) is 0 Å². The minimum Gasteiger partial charge on any atom is -0.478 e. The number of carboxylic acids is 1. The summed E-state index contributed by atoms with van der Waals surface area (Å²) < 4.78 is 0. The molecule has 0 atom stereocenters. The van der Waals surface area contributed by atoms with E-state index in [9.17, 15) is 9.59 Å². The number of benzene rings is 1. The second-order valence-corrected chi connectivity index (χ2v) is 4.69. The first-order valence-corrected chi connectivity index (χ1v) is 5.70. The number of rotatable bonds is 5. The fourth-order valence-electron chi connectivity index (χ4n) is 1.49. The second kappa shape index (κ2) is 5.64. The molecule has 0 unspecified atom stereocenters. The number of nitrogens with one attached hydrogen (secondary N) is 1. The Bertz CT molecular complexity index is 450. The molecule has 0 bridgehead atoms. The van der Waals surface area contributed by atoms with E-state index in [1.165, 1.54) is 0 Å². The predicted octanol–water partition coefficient (Wildman–Crippen LogP) is 0.781. The minimum atomic E-state index is -0.962. The van der Waals surface area contributed by atoms with E-state index in [1.54, 1.807) is 38.1 Å². The standard InChI is InChI=1S/C13H18N2O3/c1-13(2,14)12(18)15-8-7-9-5-3-4-6-10(9)11(16)17/h3-6H,7-8,14H2,1-2H3,(H,15,18)(H,16,17). The molecule has 0 saturated carbocycles. The van der Waals surface area contributed by atoms with Gasteiger partial charge in [0.25, 0.3) is 0 Å². The van der Waals surface area contributed by atoms with Crippen molar-refractivity contribution in [3.8, 4) is 0 Å². The lowest BCUT2D eigenvalue weighted by molar-refractivity contribution is -0.125. The maximum atomic E-state index is 11.5. The number of hydrogen-bond donors (Lipinski definition) is 3. The molecule has 0 radical (unpaired) electrons. The molecule has 1 aromatic rings. The van der Waals surface area contributed by atoms with Crippen molar-refractivity contribution >= 4 is 11.9 Å². The molecule has 1 rings (SSSR count). The van der Waals surface area contributed by atoms with Gasteiger partial charge >= 0.3 is 5.97 Å². The van der Waals surface area contributed by atoms with Gasteiger partial charge in [-0.05, 0) is 31.9 Å². The highest BCUT2D eigenvalue weighted by molar-refractivity contribution is 5.89. The average Bonchev–Trinajstić information content (AvgIpc) is 2.28. The number of amides is 1. The van der Waals surface area contributed by atoms with E-state index in [1.807, 2.05) is 0 Å². The molecule has 0 aromatic heterocycles. The number of hydrogen-bond acceptors (Lipinski definition) is 3. The van der Waals surface area contributed by atoms with Gasteiger partial charge in [0.1, 0.15) is 0 Å². The number of nitrogens with two attached hydrogens (primary N) is 1. The molecule has 0 aliphatic rings. The molecule has 0 spiro atoms. The molecule has 5 nitrogen and oxygen atoms in total. The first-order chi connectivity index (χ1) is 8.32. The Morgan fingerprint density at radius 2 is 1.94 bits per heavy atom. The van der Waals surface area contributed by atoms with Crippen LogP contribution in [0.25, 0.3) is 0 Å². The Hall–Kier alpha value is -1.88. The molecule has 5 heteroatoms. The quantitative estimate of drug-likeness (QED) is 0.720. The highest BCUT2D eigenvalue weighted by Crippen LogP contribution is 2.09. The summed E-state index contributed by atoms with van der Waals surface area (Å²) in [7, 11) is 0. The Balaban J connectivity index is 2.60. The van der Waals surface area contributed by atoms with E-state index in [4.69, 9.17) is 10.8 Å². The zero-order valence-corrected chi connectivity index (χ0v) is 10.6. The van der Waals surface area contributed by atoms with Crippen molar-refractivity contribution in [2.45, 2.75) is 25.8 Å². The van der Waals surface area contributed by atoms with Crippen LogP contribution in [0.3, 0.4) is 0 Å². The molecule has 1 aromatic carbocycles. The lowest BCUT2D eigenvalue weighted by atomic mass is 10.0. The highest BCUT2D eigenvalue weighted by Gasteiger charge is 2.21. The van der Waals surface area contributed by atoms with Gasteiger partial charge in [-0.15, -0.1) is 0 Å². The summed E-state index contributed by atoms with van der Waals surface area (Å²) >= 11 is 0. The Kier molecular flexibility index (Phi) is 4.44. The minimum absolute atomic E-state index is 0.254. The smallest absolute Gasteiger partial charge is 0.335 e. The maximum Gasteiger partial charge on any atom is 0.335 e. The van der Waals surface area contributed by atoms with Crippen LogP contribution in [0.4, 0.5) is 0 Å². The van der Waals surface area contributed by atoms with Gasteiger partial charge in [0, 0.05) is 6.54 Å². The van der Waals surface area contributed by atoms with Crippen LogP contribution >= 0.6 is 0 Å². The Morgan fingerprint density at radius 3 is 2.50 bits per heavy atom. The van der Waals surface area contributed by atoms with Crippen LogP contribution in [0.15, 0.2) is 24.3 Å². The zero-order chi connectivity index (χ0) is 13.8. The van der Waals surface area contributed by atoms with Crippen LogP contribution in [-0.2, 0) is 11.2 Å². The molecule has 0 heterocycles. The van der Waals surface area contributed by atoms with E-state index in [2.05, 4.69) is 5.32 Å². The van der Waals surface area contributed by atoms with Crippen molar-refractivity contribution in [1.82, 2.24) is 5.32 Å². The molecular formula is C13H18N2O3. The van der Waals surface area contributed by atoms with Crippen molar-refractivity contribution in [2.24, 2.45) is 5.73 Å². The fraction of sp³-hybridized carbons (Fsp3) is 0.385. The second-order valence-electron chi connectivity index (χ2n) is 4.69. The molecule has 4 N–H and O–H groups in total. The lowest BCUT2D eigenvalue weighted by Crippen LogP contribution is -2.49. The van der Waals surface area contributed by atoms with E-state index < -0.39 is 11.5 Å². The molecule has 18 heavy (non-hydrogen) atoms. The topological polar surface area (TPSA) is 92.4 Å². The van der Waals surface area contributed by atoms with E-state index in [-0.39, 0.29) is 11.5 Å². The van der Waals surface area contributed by atoms with Gasteiger partial charge in [-0.1, -0.05) is 18.2 Å². The number of carbonyl (C=O) groups is 2. The highest BCUT2D eigenvalue weighted by atomic mass is 16.4. The largest absolute Gasteiger partial charge is 0.478 e. The number of aromatic carboxylic acids is 1. The summed E-state index contributed by atoms with van der Waals surface area (Å²) in [4.78, 5) is 22.5. The van der Waals surface area contributed by atoms with Crippen molar-refractivity contribution in [3.63, 3.8) is 0 Å². The summed E-state index contributed by atoms with van der Waals surface area (Å²) in [5.74, 6) is -1.22.